The predicted octanol–water partition coefficient (Wildman–Crippen LogP) is -2.67. The van der Waals surface area contributed by atoms with E-state index in [9.17, 15) is 4.46 Å². The molecule has 0 aliphatic rings. The van der Waals surface area contributed by atoms with Crippen molar-refractivity contribution in [3.8, 4) is 0 Å². The summed E-state index contributed by atoms with van der Waals surface area (Å²) in [6.07, 6.45) is 0. The average molecular weight is 162 g/mol. The molecule has 0 bridgehead atoms. The molecule has 0 heterocycles. The fourth-order valence-electron chi connectivity index (χ4n) is 0.123. The maximum Gasteiger partial charge on any atom is 0.764 e. The Bertz CT molecular complexity index is 61.2. The van der Waals surface area contributed by atoms with Crippen LogP contribution in [0.1, 0.15) is 6.92 Å². The standard InChI is InChI=1S/C2H6O3Si.Al.Mg.5H/c1-2-5-6(3)4;;;;;;;/h3H,2H2,1H3;;;;;;;. The van der Waals surface area contributed by atoms with Gasteiger partial charge in [0.15, 0.2) is 17.4 Å². The van der Waals surface area contributed by atoms with Gasteiger partial charge < -0.3 is 9.22 Å². The lowest BCUT2D eigenvalue weighted by Gasteiger charge is -1.86. The van der Waals surface area contributed by atoms with Crippen LogP contribution < -0.4 is 0 Å². The molecule has 8 heavy (non-hydrogen) atoms. The van der Waals surface area contributed by atoms with Gasteiger partial charge >= 0.3 is 32.2 Å². The molecule has 0 rings (SSSR count). The van der Waals surface area contributed by atoms with Crippen LogP contribution in [0.3, 0.4) is 0 Å². The van der Waals surface area contributed by atoms with Gasteiger partial charge in [0.1, 0.15) is 0 Å². The second-order valence-electron chi connectivity index (χ2n) is 0.699. The lowest BCUT2D eigenvalue weighted by molar-refractivity contribution is 0.236. The molecule has 0 aliphatic heterocycles. The topological polar surface area (TPSA) is 46.5 Å². The van der Waals surface area contributed by atoms with Gasteiger partial charge in [-0.3, -0.25) is 4.46 Å². The highest BCUT2D eigenvalue weighted by Gasteiger charge is 1.97. The van der Waals surface area contributed by atoms with Crippen LogP contribution in [-0.4, -0.2) is 61.0 Å². The van der Waals surface area contributed by atoms with E-state index in [0.717, 1.165) is 0 Å². The maximum absolute atomic E-state index is 9.56. The molecule has 0 radical (unpaired) electrons. The van der Waals surface area contributed by atoms with E-state index in [-0.39, 0.29) is 40.4 Å². The Morgan fingerprint density at radius 2 is 2.12 bits per heavy atom. The van der Waals surface area contributed by atoms with Gasteiger partial charge in [0.05, 0.1) is 6.61 Å². The zero-order valence-electron chi connectivity index (χ0n) is 3.47. The number of rotatable bonds is 2. The summed E-state index contributed by atoms with van der Waals surface area (Å²) in [4.78, 5) is 7.88. The van der Waals surface area contributed by atoms with Crippen LogP contribution in [0.2, 0.25) is 0 Å². The van der Waals surface area contributed by atoms with Crippen molar-refractivity contribution < 1.29 is 13.7 Å². The van der Waals surface area contributed by atoms with E-state index in [1.54, 1.807) is 6.92 Å². The average Bonchev–Trinajstić information content (AvgIpc) is 1.35. The quantitative estimate of drug-likeness (QED) is 0.451. The highest BCUT2D eigenvalue weighted by atomic mass is 28.3. The van der Waals surface area contributed by atoms with E-state index < -0.39 is 9.17 Å². The van der Waals surface area contributed by atoms with Crippen molar-refractivity contribution in [3.63, 3.8) is 0 Å². The third kappa shape index (κ3) is 15.8. The molecule has 46 valence electrons. The number of hydrogen-bond acceptors (Lipinski definition) is 2. The maximum atomic E-state index is 9.56. The van der Waals surface area contributed by atoms with Gasteiger partial charge in [0.25, 0.3) is 0 Å². The molecule has 0 fully saturated rings. The molecule has 0 aliphatic carbocycles. The second kappa shape index (κ2) is 10.8. The van der Waals surface area contributed by atoms with Gasteiger partial charge in [-0.1, -0.05) is 0 Å². The first kappa shape index (κ1) is 16.0. The lowest BCUT2D eigenvalue weighted by atomic mass is 10.9. The monoisotopic (exact) mass is 162 g/mol. The van der Waals surface area contributed by atoms with Crippen LogP contribution in [0.5, 0.6) is 0 Å². The van der Waals surface area contributed by atoms with Crippen molar-refractivity contribution >= 4 is 49.6 Å². The Labute approximate surface area is 76.6 Å². The molecule has 0 spiro atoms. The zero-order valence-corrected chi connectivity index (χ0v) is 4.47. The van der Waals surface area contributed by atoms with Crippen molar-refractivity contribution in [2.75, 3.05) is 6.61 Å². The summed E-state index contributed by atoms with van der Waals surface area (Å²) in [7, 11) is -2.64. The highest BCUT2D eigenvalue weighted by molar-refractivity contribution is 6.24. The minimum atomic E-state index is -2.64. The fourth-order valence-corrected chi connectivity index (χ4v) is 0.370. The van der Waals surface area contributed by atoms with E-state index in [1.165, 1.54) is 0 Å². The third-order valence-electron chi connectivity index (χ3n) is 0.268. The van der Waals surface area contributed by atoms with Crippen LogP contribution in [0.25, 0.3) is 0 Å². The van der Waals surface area contributed by atoms with E-state index in [1.807, 2.05) is 0 Å². The Hall–Kier alpha value is 0.916. The summed E-state index contributed by atoms with van der Waals surface area (Å²) < 4.78 is 13.7. The Balaban J connectivity index is -0.000000125. The Kier molecular flexibility index (Phi) is 21.6. The fraction of sp³-hybridized carbons (Fsp3) is 1.00. The van der Waals surface area contributed by atoms with Crippen molar-refractivity contribution in [1.29, 1.82) is 0 Å². The molecule has 6 heteroatoms. The first-order chi connectivity index (χ1) is 2.77. The molecule has 0 amide bonds. The van der Waals surface area contributed by atoms with Gasteiger partial charge in [-0.15, -0.1) is 0 Å². The molecule has 3 nitrogen and oxygen atoms in total. The molecular formula is C2H11AlMgO3Si. The minimum Gasteiger partial charge on any atom is -0.511 e. The van der Waals surface area contributed by atoms with Crippen molar-refractivity contribution in [3.05, 3.63) is 0 Å². The normalized spacial score (nSPS) is 5.62. The van der Waals surface area contributed by atoms with Crippen molar-refractivity contribution in [2.45, 2.75) is 6.92 Å². The predicted molar refractivity (Wildman–Crippen MR) is 38.8 cm³/mol. The SMILES string of the molecule is CCO[Si](=O)O.[AlH3].[MgH2]. The molecule has 0 aromatic heterocycles. The van der Waals surface area contributed by atoms with Crippen LogP contribution in [0.4, 0.5) is 0 Å². The lowest BCUT2D eigenvalue weighted by Crippen LogP contribution is -2.03. The molecule has 0 aromatic rings. The Morgan fingerprint density at radius 3 is 2.12 bits per heavy atom. The van der Waals surface area contributed by atoms with Crippen LogP contribution in [-0.2, 0) is 8.89 Å². The minimum absolute atomic E-state index is 0. The van der Waals surface area contributed by atoms with E-state index >= 15 is 0 Å². The van der Waals surface area contributed by atoms with E-state index in [4.69, 9.17) is 4.80 Å². The van der Waals surface area contributed by atoms with Gasteiger partial charge in [0.2, 0.25) is 0 Å². The molecule has 0 saturated carbocycles. The van der Waals surface area contributed by atoms with Crippen molar-refractivity contribution in [2.24, 2.45) is 0 Å². The smallest absolute Gasteiger partial charge is 0.511 e. The first-order valence-electron chi connectivity index (χ1n) is 1.63. The summed E-state index contributed by atoms with van der Waals surface area (Å²) in [5.41, 5.74) is 0. The summed E-state index contributed by atoms with van der Waals surface area (Å²) in [5.74, 6) is 0. The molecule has 0 aromatic carbocycles. The summed E-state index contributed by atoms with van der Waals surface area (Å²) >= 11 is 0. The third-order valence-corrected chi connectivity index (χ3v) is 0.803. The molecule has 1 N–H and O–H groups in total. The highest BCUT2D eigenvalue weighted by Crippen LogP contribution is 1.63. The molecule has 0 unspecified atom stereocenters. The van der Waals surface area contributed by atoms with Crippen LogP contribution in [0.15, 0.2) is 0 Å². The van der Waals surface area contributed by atoms with Crippen LogP contribution >= 0.6 is 0 Å². The zero-order chi connectivity index (χ0) is 4.99. The molecule has 0 saturated heterocycles. The molecule has 0 atom stereocenters. The summed E-state index contributed by atoms with van der Waals surface area (Å²) in [5, 5.41) is 0. The summed E-state index contributed by atoms with van der Waals surface area (Å²) in [6, 6.07) is 0. The van der Waals surface area contributed by atoms with Gasteiger partial charge in [-0.25, -0.2) is 0 Å². The first-order valence-corrected chi connectivity index (χ1v) is 2.89. The van der Waals surface area contributed by atoms with E-state index in [2.05, 4.69) is 4.43 Å². The van der Waals surface area contributed by atoms with E-state index in [0.29, 0.717) is 6.61 Å². The van der Waals surface area contributed by atoms with Crippen LogP contribution in [0, 0.1) is 0 Å². The second-order valence-corrected chi connectivity index (χ2v) is 1.52. The van der Waals surface area contributed by atoms with Crippen molar-refractivity contribution in [1.82, 2.24) is 0 Å². The molecular weight excluding hydrogens is 151 g/mol. The van der Waals surface area contributed by atoms with Gasteiger partial charge in [-0.2, -0.15) is 0 Å². The Morgan fingerprint density at radius 1 is 1.75 bits per heavy atom. The van der Waals surface area contributed by atoms with Gasteiger partial charge in [0, 0.05) is 0 Å². The number of hydrogen-bond donors (Lipinski definition) is 1. The largest absolute Gasteiger partial charge is 0.764 e. The summed E-state index contributed by atoms with van der Waals surface area (Å²) in [6.45, 7) is 1.98. The van der Waals surface area contributed by atoms with Gasteiger partial charge in [-0.05, 0) is 6.92 Å².